The van der Waals surface area contributed by atoms with Crippen LogP contribution in [0, 0.1) is 5.82 Å². The molecular formula is C23H27F4N3O4. The fourth-order valence-electron chi connectivity index (χ4n) is 3.34. The van der Waals surface area contributed by atoms with E-state index in [0.717, 1.165) is 11.1 Å². The van der Waals surface area contributed by atoms with Gasteiger partial charge in [0.05, 0.1) is 17.9 Å². The Hall–Kier alpha value is -3.37. The lowest BCUT2D eigenvalue weighted by atomic mass is 9.97. The van der Waals surface area contributed by atoms with Crippen LogP contribution in [-0.4, -0.2) is 51.4 Å². The molecule has 1 aromatic carbocycles. The van der Waals surface area contributed by atoms with Crippen molar-refractivity contribution in [2.75, 3.05) is 6.61 Å². The number of rotatable bonds is 8. The normalized spacial score (nSPS) is 13.6. The second-order valence-electron chi connectivity index (χ2n) is 8.69. The van der Waals surface area contributed by atoms with Crippen molar-refractivity contribution in [3.8, 4) is 5.75 Å². The van der Waals surface area contributed by atoms with E-state index in [9.17, 15) is 32.3 Å². The van der Waals surface area contributed by atoms with Crippen LogP contribution >= 0.6 is 0 Å². The van der Waals surface area contributed by atoms with Gasteiger partial charge in [-0.15, -0.1) is 0 Å². The smallest absolute Gasteiger partial charge is 0.422 e. The predicted octanol–water partition coefficient (Wildman–Crippen LogP) is 4.73. The Morgan fingerprint density at radius 1 is 1.15 bits per heavy atom. The van der Waals surface area contributed by atoms with Crippen LogP contribution in [0.5, 0.6) is 5.75 Å². The van der Waals surface area contributed by atoms with E-state index in [1.165, 1.54) is 30.3 Å². The summed E-state index contributed by atoms with van der Waals surface area (Å²) in [6.45, 7) is 4.98. The maximum absolute atomic E-state index is 14.3. The highest BCUT2D eigenvalue weighted by molar-refractivity contribution is 5.86. The highest BCUT2D eigenvalue weighted by atomic mass is 19.4. The number of amides is 2. The van der Waals surface area contributed by atoms with Gasteiger partial charge >= 0.3 is 12.3 Å². The van der Waals surface area contributed by atoms with Crippen molar-refractivity contribution in [3.63, 3.8) is 0 Å². The topological polar surface area (TPSA) is 91.8 Å². The average Bonchev–Trinajstić information content (AvgIpc) is 2.71. The van der Waals surface area contributed by atoms with Crippen LogP contribution in [0.25, 0.3) is 0 Å². The number of aromatic nitrogens is 1. The van der Waals surface area contributed by atoms with E-state index in [4.69, 9.17) is 0 Å². The first-order valence-electron chi connectivity index (χ1n) is 10.4. The highest BCUT2D eigenvalue weighted by Crippen LogP contribution is 2.23. The zero-order chi connectivity index (χ0) is 25.7. The summed E-state index contributed by atoms with van der Waals surface area (Å²) in [7, 11) is 0. The maximum Gasteiger partial charge on any atom is 0.422 e. The van der Waals surface area contributed by atoms with Gasteiger partial charge in [0.2, 0.25) is 5.91 Å². The summed E-state index contributed by atoms with van der Waals surface area (Å²) in [5.41, 5.74) is -0.483. The average molecular weight is 485 g/mol. The van der Waals surface area contributed by atoms with Crippen molar-refractivity contribution in [2.24, 2.45) is 0 Å². The quantitative estimate of drug-likeness (QED) is 0.528. The molecule has 2 N–H and O–H groups in total. The first kappa shape index (κ1) is 26.9. The summed E-state index contributed by atoms with van der Waals surface area (Å²) in [5, 5.41) is 12.5. The lowest BCUT2D eigenvalue weighted by Gasteiger charge is -2.39. The molecule has 0 bridgehead atoms. The van der Waals surface area contributed by atoms with E-state index < -0.39 is 48.2 Å². The van der Waals surface area contributed by atoms with Gasteiger partial charge in [-0.25, -0.2) is 9.18 Å². The molecule has 1 heterocycles. The number of carbonyl (C=O) groups excluding carboxylic acids is 1. The van der Waals surface area contributed by atoms with Crippen LogP contribution in [0.3, 0.4) is 0 Å². The molecular weight excluding hydrogens is 458 g/mol. The first-order chi connectivity index (χ1) is 15.7. The zero-order valence-electron chi connectivity index (χ0n) is 19.2. The number of pyridine rings is 1. The molecule has 1 unspecified atom stereocenters. The Morgan fingerprint density at radius 2 is 1.79 bits per heavy atom. The van der Waals surface area contributed by atoms with E-state index in [2.05, 4.69) is 15.0 Å². The molecule has 0 saturated carbocycles. The van der Waals surface area contributed by atoms with Crippen molar-refractivity contribution in [2.45, 2.75) is 57.9 Å². The molecule has 7 nitrogen and oxygen atoms in total. The van der Waals surface area contributed by atoms with Crippen molar-refractivity contribution < 1.29 is 37.0 Å². The lowest BCUT2D eigenvalue weighted by molar-refractivity contribution is -0.153. The van der Waals surface area contributed by atoms with Gasteiger partial charge in [0.1, 0.15) is 17.6 Å². The summed E-state index contributed by atoms with van der Waals surface area (Å²) >= 11 is 0. The van der Waals surface area contributed by atoms with Crippen molar-refractivity contribution >= 4 is 12.0 Å². The van der Waals surface area contributed by atoms with E-state index in [1.54, 1.807) is 33.8 Å². The molecule has 0 aliphatic carbocycles. The third-order valence-electron chi connectivity index (χ3n) is 4.88. The van der Waals surface area contributed by atoms with Gasteiger partial charge in [0, 0.05) is 12.0 Å². The minimum atomic E-state index is -4.49. The summed E-state index contributed by atoms with van der Waals surface area (Å²) in [4.78, 5) is 30.2. The van der Waals surface area contributed by atoms with Gasteiger partial charge in [-0.2, -0.15) is 13.2 Å². The Morgan fingerprint density at radius 3 is 2.29 bits per heavy atom. The molecule has 0 saturated heterocycles. The number of nitrogens with zero attached hydrogens (tertiary/aromatic N) is 2. The van der Waals surface area contributed by atoms with Gasteiger partial charge in [-0.3, -0.25) is 14.7 Å². The maximum atomic E-state index is 14.3. The SMILES string of the molecule is C[C@@H](NC(=O)C(Cc1ccccc1F)N(C(=O)O)C(C)(C)C)c1ccc(OCC(F)(F)F)cn1. The molecule has 0 aliphatic rings. The van der Waals surface area contributed by atoms with Gasteiger partial charge in [-0.1, -0.05) is 18.2 Å². The van der Waals surface area contributed by atoms with Gasteiger partial charge in [-0.05, 0) is 51.5 Å². The summed E-state index contributed by atoms with van der Waals surface area (Å²) in [5.74, 6) is -1.34. The summed E-state index contributed by atoms with van der Waals surface area (Å²) < 4.78 is 55.8. The van der Waals surface area contributed by atoms with Crippen LogP contribution in [-0.2, 0) is 11.2 Å². The van der Waals surface area contributed by atoms with Crippen LogP contribution in [0.2, 0.25) is 0 Å². The Kier molecular flexibility index (Phi) is 8.46. The van der Waals surface area contributed by atoms with Crippen molar-refractivity contribution in [1.29, 1.82) is 0 Å². The summed E-state index contributed by atoms with van der Waals surface area (Å²) in [6, 6.07) is 6.47. The molecule has 2 amide bonds. The van der Waals surface area contributed by atoms with Gasteiger partial charge in [0.25, 0.3) is 0 Å². The second-order valence-corrected chi connectivity index (χ2v) is 8.69. The number of alkyl halides is 3. The minimum Gasteiger partial charge on any atom is -0.483 e. The lowest BCUT2D eigenvalue weighted by Crippen LogP contribution is -2.58. The summed E-state index contributed by atoms with van der Waals surface area (Å²) in [6.07, 6.45) is -4.94. The number of benzene rings is 1. The molecule has 11 heteroatoms. The number of nitrogens with one attached hydrogen (secondary N) is 1. The first-order valence-corrected chi connectivity index (χ1v) is 10.4. The highest BCUT2D eigenvalue weighted by Gasteiger charge is 2.38. The third kappa shape index (κ3) is 7.60. The minimum absolute atomic E-state index is 0.0955. The van der Waals surface area contributed by atoms with Crippen LogP contribution in [0.15, 0.2) is 42.6 Å². The van der Waals surface area contributed by atoms with Crippen LogP contribution in [0.1, 0.15) is 45.0 Å². The predicted molar refractivity (Wildman–Crippen MR) is 116 cm³/mol. The van der Waals surface area contributed by atoms with Gasteiger partial charge in [0.15, 0.2) is 6.61 Å². The Balaban J connectivity index is 2.23. The molecule has 2 atom stereocenters. The zero-order valence-corrected chi connectivity index (χ0v) is 19.2. The number of hydrogen-bond donors (Lipinski definition) is 2. The third-order valence-corrected chi connectivity index (χ3v) is 4.88. The fourth-order valence-corrected chi connectivity index (χ4v) is 3.34. The number of hydrogen-bond acceptors (Lipinski definition) is 4. The standard InChI is InChI=1S/C23H27F4N3O4/c1-14(18-10-9-16(12-28-18)34-13-23(25,26)27)29-20(31)19(30(21(32)33)22(2,3)4)11-15-7-5-6-8-17(15)24/h5-10,12,14,19H,11,13H2,1-4H3,(H,29,31)(H,32,33)/t14-,19?/m1/s1. The van der Waals surface area contributed by atoms with E-state index in [-0.39, 0.29) is 17.7 Å². The molecule has 0 fully saturated rings. The molecule has 0 aliphatic heterocycles. The molecule has 34 heavy (non-hydrogen) atoms. The van der Waals surface area contributed by atoms with Crippen LogP contribution in [0.4, 0.5) is 22.4 Å². The monoisotopic (exact) mass is 485 g/mol. The second kappa shape index (κ2) is 10.7. The Bertz CT molecular complexity index is 991. The van der Waals surface area contributed by atoms with Crippen molar-refractivity contribution in [1.82, 2.24) is 15.2 Å². The van der Waals surface area contributed by atoms with E-state index >= 15 is 0 Å². The molecule has 0 spiro atoms. The van der Waals surface area contributed by atoms with Crippen LogP contribution < -0.4 is 10.1 Å². The number of carboxylic acid groups (broad SMARTS) is 1. The number of carbonyl (C=O) groups is 2. The molecule has 2 aromatic rings. The largest absolute Gasteiger partial charge is 0.483 e. The molecule has 0 radical (unpaired) electrons. The Labute approximate surface area is 194 Å². The number of halogens is 4. The molecule has 2 rings (SSSR count). The number of ether oxygens (including phenoxy) is 1. The van der Waals surface area contributed by atoms with Crippen molar-refractivity contribution in [3.05, 3.63) is 59.7 Å². The van der Waals surface area contributed by atoms with E-state index in [1.807, 2.05) is 0 Å². The molecule has 1 aromatic heterocycles. The molecule has 186 valence electrons. The van der Waals surface area contributed by atoms with E-state index in [0.29, 0.717) is 5.69 Å². The van der Waals surface area contributed by atoms with Gasteiger partial charge < -0.3 is 15.2 Å². The fraction of sp³-hybridized carbons (Fsp3) is 0.435.